The second-order valence-corrected chi connectivity index (χ2v) is 12.9. The summed E-state index contributed by atoms with van der Waals surface area (Å²) in [6.07, 6.45) is 0. The number of anilines is 2. The Bertz CT molecular complexity index is 2090. The third-order valence-corrected chi connectivity index (χ3v) is 9.64. The number of fused-ring (bicyclic) bond motifs is 6. The molecular formula is C44H38N2O3. The maximum Gasteiger partial charge on any atom is 0.340 e. The van der Waals surface area contributed by atoms with Crippen molar-refractivity contribution in [3.05, 3.63) is 190 Å². The highest BCUT2D eigenvalue weighted by atomic mass is 16.6. The number of ether oxygens (including phenoxy) is 2. The highest BCUT2D eigenvalue weighted by molar-refractivity contribution is 5.97. The topological polar surface area (TPSA) is 42.0 Å². The Kier molecular flexibility index (Phi) is 7.98. The summed E-state index contributed by atoms with van der Waals surface area (Å²) in [6.45, 7) is 7.33. The fraction of sp³-hybridized carbons (Fsp3) is 0.159. The molecule has 5 heteroatoms. The SMILES string of the molecule is CCN(c1ccc(C)cc1)c1ccc2c(c1)Oc1ccc(CN(Cc3ccccc3)Cc3ccccc3)cc1C21OC(=O)c2ccccc21. The maximum atomic E-state index is 13.6. The zero-order valence-electron chi connectivity index (χ0n) is 27.8. The molecule has 6 aromatic rings. The van der Waals surface area contributed by atoms with Crippen LogP contribution in [0.4, 0.5) is 11.4 Å². The molecule has 0 saturated carbocycles. The first-order chi connectivity index (χ1) is 24.0. The predicted octanol–water partition coefficient (Wildman–Crippen LogP) is 9.92. The van der Waals surface area contributed by atoms with Gasteiger partial charge in [0.2, 0.25) is 0 Å². The molecule has 8 rings (SSSR count). The molecule has 1 spiro atoms. The molecule has 0 bridgehead atoms. The molecule has 0 radical (unpaired) electrons. The highest BCUT2D eigenvalue weighted by Crippen LogP contribution is 2.57. The summed E-state index contributed by atoms with van der Waals surface area (Å²) in [5.74, 6) is 1.05. The second-order valence-electron chi connectivity index (χ2n) is 12.9. The van der Waals surface area contributed by atoms with Crippen molar-refractivity contribution in [3.63, 3.8) is 0 Å². The van der Waals surface area contributed by atoms with Crippen LogP contribution in [-0.4, -0.2) is 17.4 Å². The van der Waals surface area contributed by atoms with E-state index < -0.39 is 5.60 Å². The summed E-state index contributed by atoms with van der Waals surface area (Å²) < 4.78 is 13.3. The van der Waals surface area contributed by atoms with Crippen LogP contribution in [0.25, 0.3) is 0 Å². The Labute approximate surface area is 288 Å². The molecule has 0 aliphatic carbocycles. The van der Waals surface area contributed by atoms with Crippen LogP contribution in [0.3, 0.4) is 0 Å². The lowest BCUT2D eigenvalue weighted by molar-refractivity contribution is 0.0224. The van der Waals surface area contributed by atoms with Gasteiger partial charge in [0.15, 0.2) is 5.60 Å². The van der Waals surface area contributed by atoms with Crippen LogP contribution in [0.5, 0.6) is 11.5 Å². The first kappa shape index (κ1) is 30.7. The molecule has 0 fully saturated rings. The van der Waals surface area contributed by atoms with Crippen molar-refractivity contribution >= 4 is 17.3 Å². The van der Waals surface area contributed by atoms with Crippen LogP contribution in [-0.2, 0) is 30.0 Å². The number of nitrogens with zero attached hydrogens (tertiary/aromatic N) is 2. The number of aryl methyl sites for hydroxylation is 1. The van der Waals surface area contributed by atoms with E-state index in [-0.39, 0.29) is 5.97 Å². The first-order valence-corrected chi connectivity index (χ1v) is 16.9. The van der Waals surface area contributed by atoms with Gasteiger partial charge in [-0.25, -0.2) is 4.79 Å². The molecule has 2 aliphatic heterocycles. The third-order valence-electron chi connectivity index (χ3n) is 9.64. The molecule has 0 aromatic heterocycles. The van der Waals surface area contributed by atoms with Crippen LogP contribution in [0.2, 0.25) is 0 Å². The van der Waals surface area contributed by atoms with E-state index in [1.807, 2.05) is 30.3 Å². The van der Waals surface area contributed by atoms with E-state index >= 15 is 0 Å². The van der Waals surface area contributed by atoms with Gasteiger partial charge in [-0.1, -0.05) is 103 Å². The average Bonchev–Trinajstić information content (AvgIpc) is 3.43. The molecule has 242 valence electrons. The van der Waals surface area contributed by atoms with Crippen molar-refractivity contribution in [1.29, 1.82) is 0 Å². The molecule has 0 N–H and O–H groups in total. The molecule has 2 aliphatic rings. The van der Waals surface area contributed by atoms with Gasteiger partial charge in [0.05, 0.1) is 5.56 Å². The monoisotopic (exact) mass is 642 g/mol. The van der Waals surface area contributed by atoms with Gasteiger partial charge < -0.3 is 14.4 Å². The van der Waals surface area contributed by atoms with Gasteiger partial charge in [-0.05, 0) is 73.0 Å². The standard InChI is InChI=1S/C44H38N2O3/c1-3-46(35-21-18-31(2)19-22-35)36-23-24-39-42(27-36)48-41-25-20-34(26-40(41)44(39)38-17-11-10-16-37(38)43(47)49-44)30-45(28-32-12-6-4-7-13-32)29-33-14-8-5-9-15-33/h4-27H,3,28-30H2,1-2H3. The van der Waals surface area contributed by atoms with Crippen LogP contribution in [0.15, 0.2) is 146 Å². The summed E-state index contributed by atoms with van der Waals surface area (Å²) in [6, 6.07) is 50.1. The Balaban J connectivity index is 1.21. The lowest BCUT2D eigenvalue weighted by Gasteiger charge is -2.37. The van der Waals surface area contributed by atoms with Crippen LogP contribution in [0, 0.1) is 6.92 Å². The summed E-state index contributed by atoms with van der Waals surface area (Å²) in [5, 5.41) is 0. The Morgan fingerprint density at radius 2 is 1.20 bits per heavy atom. The first-order valence-electron chi connectivity index (χ1n) is 16.9. The minimum atomic E-state index is -1.13. The van der Waals surface area contributed by atoms with Crippen molar-refractivity contribution in [2.75, 3.05) is 11.4 Å². The van der Waals surface area contributed by atoms with Gasteiger partial charge >= 0.3 is 5.97 Å². The Morgan fingerprint density at radius 3 is 1.90 bits per heavy atom. The molecular weight excluding hydrogens is 604 g/mol. The zero-order valence-corrected chi connectivity index (χ0v) is 27.8. The highest BCUT2D eigenvalue weighted by Gasteiger charge is 2.53. The zero-order chi connectivity index (χ0) is 33.4. The molecule has 2 heterocycles. The van der Waals surface area contributed by atoms with Gasteiger partial charge in [0.25, 0.3) is 0 Å². The van der Waals surface area contributed by atoms with E-state index in [2.05, 4.69) is 139 Å². The molecule has 1 atom stereocenters. The lowest BCUT2D eigenvalue weighted by atomic mass is 9.77. The van der Waals surface area contributed by atoms with E-state index in [1.54, 1.807) is 0 Å². The van der Waals surface area contributed by atoms with Crippen molar-refractivity contribution in [1.82, 2.24) is 4.90 Å². The fourth-order valence-corrected chi connectivity index (χ4v) is 7.32. The van der Waals surface area contributed by atoms with Crippen molar-refractivity contribution in [3.8, 4) is 11.5 Å². The number of benzene rings is 6. The molecule has 0 saturated heterocycles. The Hall–Kier alpha value is -5.65. The van der Waals surface area contributed by atoms with Gasteiger partial charge in [0.1, 0.15) is 11.5 Å². The maximum absolute atomic E-state index is 13.6. The quantitative estimate of drug-likeness (QED) is 0.147. The van der Waals surface area contributed by atoms with Gasteiger partial charge in [0, 0.05) is 60.3 Å². The summed E-state index contributed by atoms with van der Waals surface area (Å²) in [4.78, 5) is 18.3. The van der Waals surface area contributed by atoms with E-state index in [4.69, 9.17) is 9.47 Å². The van der Waals surface area contributed by atoms with Crippen molar-refractivity contribution in [2.45, 2.75) is 39.1 Å². The number of esters is 1. The van der Waals surface area contributed by atoms with Gasteiger partial charge in [-0.2, -0.15) is 0 Å². The minimum Gasteiger partial charge on any atom is -0.456 e. The molecule has 1 unspecified atom stereocenters. The average molecular weight is 643 g/mol. The number of hydrogen-bond acceptors (Lipinski definition) is 5. The minimum absolute atomic E-state index is 0.325. The molecule has 6 aromatic carbocycles. The third kappa shape index (κ3) is 5.66. The summed E-state index contributed by atoms with van der Waals surface area (Å²) in [7, 11) is 0. The predicted molar refractivity (Wildman–Crippen MR) is 194 cm³/mol. The number of hydrogen-bond donors (Lipinski definition) is 0. The van der Waals surface area contributed by atoms with Crippen LogP contribution in [0.1, 0.15) is 56.2 Å². The summed E-state index contributed by atoms with van der Waals surface area (Å²) in [5.41, 5.74) is 8.92. The van der Waals surface area contributed by atoms with Crippen molar-refractivity contribution in [2.24, 2.45) is 0 Å². The molecule has 5 nitrogen and oxygen atoms in total. The van der Waals surface area contributed by atoms with Crippen LogP contribution >= 0.6 is 0 Å². The van der Waals surface area contributed by atoms with E-state index in [0.29, 0.717) is 23.6 Å². The normalized spacial score (nSPS) is 15.7. The Morgan fingerprint density at radius 1 is 0.571 bits per heavy atom. The fourth-order valence-electron chi connectivity index (χ4n) is 7.32. The number of carbonyl (C=O) groups is 1. The van der Waals surface area contributed by atoms with Crippen molar-refractivity contribution < 1.29 is 14.3 Å². The van der Waals surface area contributed by atoms with Gasteiger partial charge in [-0.15, -0.1) is 0 Å². The largest absolute Gasteiger partial charge is 0.456 e. The lowest BCUT2D eigenvalue weighted by Crippen LogP contribution is -2.33. The molecule has 49 heavy (non-hydrogen) atoms. The van der Waals surface area contributed by atoms with E-state index in [9.17, 15) is 4.79 Å². The summed E-state index contributed by atoms with van der Waals surface area (Å²) >= 11 is 0. The second kappa shape index (κ2) is 12.8. The van der Waals surface area contributed by atoms with Crippen LogP contribution < -0.4 is 9.64 Å². The van der Waals surface area contributed by atoms with E-state index in [1.165, 1.54) is 16.7 Å². The van der Waals surface area contributed by atoms with Gasteiger partial charge in [-0.3, -0.25) is 4.90 Å². The van der Waals surface area contributed by atoms with E-state index in [0.717, 1.165) is 53.3 Å². The number of carbonyl (C=O) groups excluding carboxylic acids is 1. The number of rotatable bonds is 9. The smallest absolute Gasteiger partial charge is 0.340 e. The molecule has 0 amide bonds.